The molecule has 1 heteroatoms. The van der Waals surface area contributed by atoms with Crippen molar-refractivity contribution in [2.24, 2.45) is 0 Å². The second-order valence-electron chi connectivity index (χ2n) is 2.90. The van der Waals surface area contributed by atoms with Crippen molar-refractivity contribution in [3.63, 3.8) is 0 Å². The Balaban J connectivity index is 2.08. The Morgan fingerprint density at radius 1 is 1.11 bits per heavy atom. The van der Waals surface area contributed by atoms with Gasteiger partial charge in [-0.2, -0.15) is 0 Å². The minimum atomic E-state index is 0.528. The molecular weight excluding hydrogens is 128 g/mol. The summed E-state index contributed by atoms with van der Waals surface area (Å²) in [6.45, 7) is 2.32. The molecule has 0 aromatic carbocycles. The lowest BCUT2D eigenvalue weighted by atomic mass is 10.3. The molecule has 56 valence electrons. The van der Waals surface area contributed by atoms with Crippen LogP contribution in [0.5, 0.6) is 0 Å². The molecule has 0 aromatic rings. The predicted octanol–water partition coefficient (Wildman–Crippen LogP) is 2.58. The number of hydrogen-bond acceptors (Lipinski definition) is 0. The van der Waals surface area contributed by atoms with E-state index in [0.29, 0.717) is 10.9 Å². The van der Waals surface area contributed by atoms with Gasteiger partial charge in [0.2, 0.25) is 0 Å². The lowest BCUT2D eigenvalue weighted by Gasteiger charge is -2.24. The summed E-state index contributed by atoms with van der Waals surface area (Å²) in [4.78, 5) is 0. The van der Waals surface area contributed by atoms with Crippen molar-refractivity contribution in [2.45, 2.75) is 32.6 Å². The molecule has 1 fully saturated rings. The average molecular weight is 146 g/mol. The highest BCUT2D eigenvalue weighted by atomic mass is 32.2. The highest BCUT2D eigenvalue weighted by Gasteiger charge is 2.07. The third-order valence-corrected chi connectivity index (χ3v) is 4.97. The van der Waals surface area contributed by atoms with Crippen LogP contribution in [0.2, 0.25) is 0 Å². The van der Waals surface area contributed by atoms with Gasteiger partial charge in [0, 0.05) is 0 Å². The maximum absolute atomic E-state index is 2.32. The first-order valence-electron chi connectivity index (χ1n) is 4.16. The van der Waals surface area contributed by atoms with E-state index in [1.807, 2.05) is 0 Å². The maximum atomic E-state index is 2.32. The monoisotopic (exact) mass is 146 g/mol. The number of hydrogen-bond donors (Lipinski definition) is 1. The summed E-state index contributed by atoms with van der Waals surface area (Å²) in [5, 5.41) is 0. The van der Waals surface area contributed by atoms with Gasteiger partial charge in [-0.05, 0) is 36.5 Å². The van der Waals surface area contributed by atoms with Crippen molar-refractivity contribution < 1.29 is 0 Å². The second kappa shape index (κ2) is 4.21. The van der Waals surface area contributed by atoms with E-state index in [1.165, 1.54) is 25.7 Å². The minimum absolute atomic E-state index is 0.528. The third-order valence-electron chi connectivity index (χ3n) is 1.99. The van der Waals surface area contributed by atoms with Crippen LogP contribution in [0.1, 0.15) is 32.6 Å². The van der Waals surface area contributed by atoms with E-state index in [-0.39, 0.29) is 0 Å². The molecule has 0 aliphatic carbocycles. The third kappa shape index (κ3) is 2.61. The van der Waals surface area contributed by atoms with Gasteiger partial charge in [0.05, 0.1) is 0 Å². The summed E-state index contributed by atoms with van der Waals surface area (Å²) in [7, 11) is 0.528. The molecule has 0 radical (unpaired) electrons. The average Bonchev–Trinajstić information content (AvgIpc) is 1.91. The van der Waals surface area contributed by atoms with E-state index in [0.717, 1.165) is 0 Å². The Morgan fingerprint density at radius 3 is 2.33 bits per heavy atom. The largest absolute Gasteiger partial charge is 0.253 e. The fourth-order valence-electron chi connectivity index (χ4n) is 1.50. The molecule has 0 saturated carbocycles. The minimum Gasteiger partial charge on any atom is -0.253 e. The molecule has 0 amide bonds. The summed E-state index contributed by atoms with van der Waals surface area (Å²) in [6.07, 6.45) is 6.01. The fourth-order valence-corrected chi connectivity index (χ4v) is 4.14. The highest BCUT2D eigenvalue weighted by Crippen LogP contribution is 2.32. The van der Waals surface area contributed by atoms with Crippen LogP contribution in [-0.4, -0.2) is 17.3 Å². The zero-order valence-corrected chi connectivity index (χ0v) is 7.29. The first-order valence-corrected chi connectivity index (χ1v) is 6.05. The van der Waals surface area contributed by atoms with Crippen molar-refractivity contribution in [1.82, 2.24) is 0 Å². The normalized spacial score (nSPS) is 24.3. The van der Waals surface area contributed by atoms with Gasteiger partial charge >= 0.3 is 0 Å². The molecule has 0 N–H and O–H groups in total. The summed E-state index contributed by atoms with van der Waals surface area (Å²) in [5.41, 5.74) is 0. The lowest BCUT2D eigenvalue weighted by molar-refractivity contribution is 0.757. The first kappa shape index (κ1) is 7.46. The van der Waals surface area contributed by atoms with Crippen LogP contribution >= 0.6 is 10.9 Å². The highest BCUT2D eigenvalue weighted by molar-refractivity contribution is 8.17. The zero-order chi connectivity index (χ0) is 6.53. The van der Waals surface area contributed by atoms with E-state index >= 15 is 0 Å². The van der Waals surface area contributed by atoms with E-state index in [4.69, 9.17) is 0 Å². The first-order chi connectivity index (χ1) is 4.43. The molecule has 0 spiro atoms. The lowest BCUT2D eigenvalue weighted by Crippen LogP contribution is -2.04. The molecule has 0 bridgehead atoms. The van der Waals surface area contributed by atoms with Crippen LogP contribution in [0.4, 0.5) is 0 Å². The smallest absolute Gasteiger partial charge is 0.0253 e. The molecule has 0 nitrogen and oxygen atoms in total. The molecule has 0 unspecified atom stereocenters. The van der Waals surface area contributed by atoms with E-state index < -0.39 is 0 Å². The summed E-state index contributed by atoms with van der Waals surface area (Å²) < 4.78 is 0. The molecule has 0 atom stereocenters. The maximum Gasteiger partial charge on any atom is -0.0253 e. The summed E-state index contributed by atoms with van der Waals surface area (Å²) in [6, 6.07) is 0. The van der Waals surface area contributed by atoms with Crippen molar-refractivity contribution >= 4 is 10.9 Å². The molecule has 1 saturated heterocycles. The van der Waals surface area contributed by atoms with Crippen LogP contribution < -0.4 is 0 Å². The van der Waals surface area contributed by atoms with Gasteiger partial charge in [0.1, 0.15) is 0 Å². The van der Waals surface area contributed by atoms with Crippen LogP contribution in [0.3, 0.4) is 0 Å². The van der Waals surface area contributed by atoms with Crippen molar-refractivity contribution in [2.75, 3.05) is 17.3 Å². The van der Waals surface area contributed by atoms with Gasteiger partial charge < -0.3 is 0 Å². The topological polar surface area (TPSA) is 0 Å². The molecule has 1 aliphatic heterocycles. The fraction of sp³-hybridized carbons (Fsp3) is 1.00. The van der Waals surface area contributed by atoms with Gasteiger partial charge in [0.15, 0.2) is 0 Å². The second-order valence-corrected chi connectivity index (χ2v) is 5.59. The van der Waals surface area contributed by atoms with Gasteiger partial charge in [0.25, 0.3) is 0 Å². The summed E-state index contributed by atoms with van der Waals surface area (Å²) >= 11 is 0. The van der Waals surface area contributed by atoms with Crippen molar-refractivity contribution in [3.05, 3.63) is 0 Å². The molecule has 1 heterocycles. The molecule has 1 aliphatic rings. The van der Waals surface area contributed by atoms with E-state index in [1.54, 1.807) is 17.3 Å². The molecular formula is C8H18S. The quantitative estimate of drug-likeness (QED) is 0.569. The molecule has 0 aromatic heterocycles. The Morgan fingerprint density at radius 2 is 1.78 bits per heavy atom. The predicted molar refractivity (Wildman–Crippen MR) is 47.7 cm³/mol. The van der Waals surface area contributed by atoms with Crippen LogP contribution in [-0.2, 0) is 0 Å². The van der Waals surface area contributed by atoms with Crippen LogP contribution in [0.25, 0.3) is 0 Å². The van der Waals surface area contributed by atoms with E-state index in [9.17, 15) is 0 Å². The van der Waals surface area contributed by atoms with Crippen LogP contribution in [0.15, 0.2) is 0 Å². The Kier molecular flexibility index (Phi) is 3.49. The molecule has 9 heavy (non-hydrogen) atoms. The van der Waals surface area contributed by atoms with Crippen molar-refractivity contribution in [3.8, 4) is 0 Å². The van der Waals surface area contributed by atoms with Gasteiger partial charge in [-0.25, -0.2) is 0 Å². The number of thiol groups is 1. The van der Waals surface area contributed by atoms with E-state index in [2.05, 4.69) is 6.92 Å². The standard InChI is InChI=1S/C8H18S/c1-2-6-9-7-4-3-5-8-9/h9H,2-8H2,1H3. The zero-order valence-electron chi connectivity index (χ0n) is 6.40. The van der Waals surface area contributed by atoms with Crippen molar-refractivity contribution in [1.29, 1.82) is 0 Å². The van der Waals surface area contributed by atoms with Gasteiger partial charge in [-0.15, -0.1) is 0 Å². The van der Waals surface area contributed by atoms with Crippen LogP contribution in [0, 0.1) is 0 Å². The Bertz CT molecular complexity index is 62.2. The SMILES string of the molecule is CCC[SH]1CCCCC1. The van der Waals surface area contributed by atoms with Gasteiger partial charge in [-0.1, -0.05) is 13.3 Å². The number of rotatable bonds is 2. The molecule has 1 rings (SSSR count). The Hall–Kier alpha value is 0.350. The summed E-state index contributed by atoms with van der Waals surface area (Å²) in [5.74, 6) is 4.72. The Labute approximate surface area is 61.4 Å². The van der Waals surface area contributed by atoms with Gasteiger partial charge in [-0.3, -0.25) is 10.9 Å².